The molecule has 0 spiro atoms. The fourth-order valence-corrected chi connectivity index (χ4v) is 4.04. The van der Waals surface area contributed by atoms with Gasteiger partial charge in [0.15, 0.2) is 0 Å². The zero-order chi connectivity index (χ0) is 18.3. The monoisotopic (exact) mass is 384 g/mol. The standard InChI is InChI=1S/C20H21ClN4O.CH4/c1-12(10-22)7-19-24-18-11-23-17-4-3-14(21)9-16(17)20(18)25(19)15-5-6-26-13(2)8-15;/h3-4,9,11-13,15H,5-8H2,1-2H3;1H4/t12?,13-,15-;/m1./s1. The van der Waals surface area contributed by atoms with Crippen LogP contribution in [0.2, 0.25) is 5.02 Å². The molecular weight excluding hydrogens is 360 g/mol. The zero-order valence-corrected chi connectivity index (χ0v) is 15.7. The minimum Gasteiger partial charge on any atom is -0.378 e. The number of benzene rings is 1. The molecular formula is C21H25ClN4O. The van der Waals surface area contributed by atoms with Gasteiger partial charge >= 0.3 is 0 Å². The number of hydrogen-bond donors (Lipinski definition) is 0. The van der Waals surface area contributed by atoms with E-state index in [9.17, 15) is 5.26 Å². The van der Waals surface area contributed by atoms with Crippen molar-refractivity contribution in [1.82, 2.24) is 14.5 Å². The van der Waals surface area contributed by atoms with Crippen molar-refractivity contribution in [3.8, 4) is 6.07 Å². The normalized spacial score (nSPS) is 21.0. The summed E-state index contributed by atoms with van der Waals surface area (Å²) >= 11 is 6.27. The average Bonchev–Trinajstić information content (AvgIpc) is 2.99. The molecule has 6 heteroatoms. The third kappa shape index (κ3) is 3.65. The van der Waals surface area contributed by atoms with Crippen LogP contribution in [0.25, 0.3) is 21.9 Å². The molecule has 0 amide bonds. The maximum Gasteiger partial charge on any atom is 0.111 e. The number of hydrogen-bond acceptors (Lipinski definition) is 4. The molecule has 142 valence electrons. The van der Waals surface area contributed by atoms with Crippen LogP contribution in [0.4, 0.5) is 0 Å². The minimum atomic E-state index is -0.0920. The number of halogens is 1. The Hall–Kier alpha value is -2.16. The highest BCUT2D eigenvalue weighted by atomic mass is 35.5. The van der Waals surface area contributed by atoms with Crippen LogP contribution in [0.15, 0.2) is 24.4 Å². The number of nitriles is 1. The molecule has 1 aliphatic rings. The molecule has 0 aliphatic carbocycles. The van der Waals surface area contributed by atoms with E-state index < -0.39 is 0 Å². The molecule has 3 heterocycles. The van der Waals surface area contributed by atoms with Gasteiger partial charge in [-0.1, -0.05) is 19.0 Å². The molecule has 5 nitrogen and oxygen atoms in total. The lowest BCUT2D eigenvalue weighted by Crippen LogP contribution is -2.27. The second kappa shape index (κ2) is 7.84. The van der Waals surface area contributed by atoms with Gasteiger partial charge in [-0.15, -0.1) is 0 Å². The Morgan fingerprint density at radius 2 is 2.22 bits per heavy atom. The molecule has 2 aromatic heterocycles. The highest BCUT2D eigenvalue weighted by Crippen LogP contribution is 2.34. The SMILES string of the molecule is C.CC(C#N)Cc1nc2cnc3ccc(Cl)cc3c2n1[C@@H]1CCO[C@H](C)C1. The van der Waals surface area contributed by atoms with E-state index in [0.29, 0.717) is 17.5 Å². The highest BCUT2D eigenvalue weighted by Gasteiger charge is 2.26. The molecule has 0 radical (unpaired) electrons. The third-order valence-corrected chi connectivity index (χ3v) is 5.32. The topological polar surface area (TPSA) is 63.7 Å². The smallest absolute Gasteiger partial charge is 0.111 e. The van der Waals surface area contributed by atoms with Crippen LogP contribution in [0.5, 0.6) is 0 Å². The first-order chi connectivity index (χ1) is 12.6. The van der Waals surface area contributed by atoms with Crippen molar-refractivity contribution in [1.29, 1.82) is 5.26 Å². The van der Waals surface area contributed by atoms with Crippen molar-refractivity contribution < 1.29 is 4.74 Å². The summed E-state index contributed by atoms with van der Waals surface area (Å²) in [5, 5.41) is 11.0. The Bertz CT molecular complexity index is 1010. The Labute approximate surface area is 164 Å². The molecule has 1 unspecified atom stereocenters. The van der Waals surface area contributed by atoms with Crippen LogP contribution in [-0.2, 0) is 11.2 Å². The number of imidazole rings is 1. The van der Waals surface area contributed by atoms with Gasteiger partial charge in [0.1, 0.15) is 11.3 Å². The summed E-state index contributed by atoms with van der Waals surface area (Å²) in [6, 6.07) is 8.39. The second-order valence-corrected chi connectivity index (χ2v) is 7.58. The first kappa shape index (κ1) is 19.6. The first-order valence-corrected chi connectivity index (χ1v) is 9.41. The van der Waals surface area contributed by atoms with Crippen molar-refractivity contribution in [2.45, 2.75) is 52.7 Å². The van der Waals surface area contributed by atoms with Crippen molar-refractivity contribution in [2.24, 2.45) is 5.92 Å². The van der Waals surface area contributed by atoms with E-state index >= 15 is 0 Å². The van der Waals surface area contributed by atoms with Gasteiger partial charge in [-0.2, -0.15) is 5.26 Å². The van der Waals surface area contributed by atoms with Gasteiger partial charge in [0.2, 0.25) is 0 Å². The summed E-state index contributed by atoms with van der Waals surface area (Å²) in [5.41, 5.74) is 2.83. The Morgan fingerprint density at radius 3 is 2.96 bits per heavy atom. The fourth-order valence-electron chi connectivity index (χ4n) is 3.86. The Kier molecular flexibility index (Phi) is 5.69. The Morgan fingerprint density at radius 1 is 1.41 bits per heavy atom. The van der Waals surface area contributed by atoms with E-state index in [1.165, 1.54) is 0 Å². The van der Waals surface area contributed by atoms with Crippen molar-refractivity contribution in [3.05, 3.63) is 35.2 Å². The average molecular weight is 385 g/mol. The molecule has 1 aromatic carbocycles. The summed E-state index contributed by atoms with van der Waals surface area (Å²) in [6.07, 6.45) is 4.53. The van der Waals surface area contributed by atoms with Crippen LogP contribution in [-0.4, -0.2) is 27.2 Å². The van der Waals surface area contributed by atoms with Gasteiger partial charge in [-0.3, -0.25) is 4.98 Å². The largest absolute Gasteiger partial charge is 0.378 e. The number of fused-ring (bicyclic) bond motifs is 3. The third-order valence-electron chi connectivity index (χ3n) is 5.08. The molecule has 1 aliphatic heterocycles. The quantitative estimate of drug-likeness (QED) is 0.613. The highest BCUT2D eigenvalue weighted by molar-refractivity contribution is 6.31. The molecule has 3 atom stereocenters. The maximum atomic E-state index is 9.29. The van der Waals surface area contributed by atoms with Crippen LogP contribution in [0.1, 0.15) is 46.0 Å². The van der Waals surface area contributed by atoms with E-state index in [4.69, 9.17) is 21.3 Å². The Balaban J connectivity index is 0.00000210. The van der Waals surface area contributed by atoms with Crippen molar-refractivity contribution >= 4 is 33.5 Å². The number of ether oxygens (including phenoxy) is 1. The maximum absolute atomic E-state index is 9.29. The summed E-state index contributed by atoms with van der Waals surface area (Å²) in [5.74, 6) is 0.855. The van der Waals surface area contributed by atoms with Gasteiger partial charge in [0, 0.05) is 29.5 Å². The summed E-state index contributed by atoms with van der Waals surface area (Å²) in [7, 11) is 0. The molecule has 4 rings (SSSR count). The molecule has 0 N–H and O–H groups in total. The lowest BCUT2D eigenvalue weighted by atomic mass is 10.0. The molecule has 3 aromatic rings. The predicted octanol–water partition coefficient (Wildman–Crippen LogP) is 5.32. The number of pyridine rings is 1. The van der Waals surface area contributed by atoms with Crippen molar-refractivity contribution in [2.75, 3.05) is 6.61 Å². The van der Waals surface area contributed by atoms with Gasteiger partial charge in [-0.25, -0.2) is 4.98 Å². The van der Waals surface area contributed by atoms with Gasteiger partial charge in [0.05, 0.1) is 35.3 Å². The summed E-state index contributed by atoms with van der Waals surface area (Å²) in [4.78, 5) is 9.39. The molecule has 1 fully saturated rings. The van der Waals surface area contributed by atoms with E-state index in [1.807, 2.05) is 31.3 Å². The van der Waals surface area contributed by atoms with E-state index in [0.717, 1.165) is 47.2 Å². The van der Waals surface area contributed by atoms with E-state index in [2.05, 4.69) is 22.5 Å². The summed E-state index contributed by atoms with van der Waals surface area (Å²) < 4.78 is 8.07. The van der Waals surface area contributed by atoms with E-state index in [-0.39, 0.29) is 19.4 Å². The molecule has 1 saturated heterocycles. The van der Waals surface area contributed by atoms with Crippen molar-refractivity contribution in [3.63, 3.8) is 0 Å². The number of aromatic nitrogens is 3. The van der Waals surface area contributed by atoms with Crippen LogP contribution in [0, 0.1) is 17.2 Å². The molecule has 27 heavy (non-hydrogen) atoms. The predicted molar refractivity (Wildman–Crippen MR) is 109 cm³/mol. The number of nitrogens with zero attached hydrogens (tertiary/aromatic N) is 4. The van der Waals surface area contributed by atoms with Crippen LogP contribution in [0.3, 0.4) is 0 Å². The summed E-state index contributed by atoms with van der Waals surface area (Å²) in [6.45, 7) is 4.78. The number of rotatable bonds is 3. The van der Waals surface area contributed by atoms with Gasteiger partial charge in [0.25, 0.3) is 0 Å². The second-order valence-electron chi connectivity index (χ2n) is 7.15. The van der Waals surface area contributed by atoms with Crippen LogP contribution < -0.4 is 0 Å². The molecule has 0 saturated carbocycles. The lowest BCUT2D eigenvalue weighted by molar-refractivity contribution is 0.00621. The minimum absolute atomic E-state index is 0. The van der Waals surface area contributed by atoms with Crippen LogP contribution >= 0.6 is 11.6 Å². The first-order valence-electron chi connectivity index (χ1n) is 9.03. The zero-order valence-electron chi connectivity index (χ0n) is 14.9. The fraction of sp³-hybridized carbons (Fsp3) is 0.476. The lowest BCUT2D eigenvalue weighted by Gasteiger charge is -2.30. The van der Waals surface area contributed by atoms with Gasteiger partial charge in [-0.05, 0) is 44.9 Å². The van der Waals surface area contributed by atoms with Gasteiger partial charge < -0.3 is 9.30 Å². The van der Waals surface area contributed by atoms with E-state index in [1.54, 1.807) is 0 Å². The molecule has 0 bridgehead atoms.